The van der Waals surface area contributed by atoms with Crippen LogP contribution < -0.4 is 0 Å². The van der Waals surface area contributed by atoms with E-state index in [0.29, 0.717) is 29.4 Å². The summed E-state index contributed by atoms with van der Waals surface area (Å²) in [4.78, 5) is 0. The Morgan fingerprint density at radius 1 is 0.926 bits per heavy atom. The third kappa shape index (κ3) is 6.27. The van der Waals surface area contributed by atoms with E-state index < -0.39 is 11.7 Å². The summed E-state index contributed by atoms with van der Waals surface area (Å²) in [5.41, 5.74) is 0.995. The van der Waals surface area contributed by atoms with Crippen LogP contribution in [0.25, 0.3) is 0 Å². The van der Waals surface area contributed by atoms with Gasteiger partial charge >= 0.3 is 0 Å². The molecular formula is C24H38F2O. The Morgan fingerprint density at radius 3 is 2.00 bits per heavy atom. The molecule has 0 atom stereocenters. The Bertz CT molecular complexity index is 533. The molecule has 0 radical (unpaired) electrons. The normalized spacial score (nSPS) is 31.1. The van der Waals surface area contributed by atoms with Gasteiger partial charge < -0.3 is 5.11 Å². The quantitative estimate of drug-likeness (QED) is 0.340. The van der Waals surface area contributed by atoms with Crippen molar-refractivity contribution in [3.05, 3.63) is 35.5 Å². The van der Waals surface area contributed by atoms with Gasteiger partial charge in [-0.25, -0.2) is 8.78 Å². The molecule has 2 aliphatic carbocycles. The van der Waals surface area contributed by atoms with Crippen LogP contribution in [-0.4, -0.2) is 11.2 Å². The summed E-state index contributed by atoms with van der Waals surface area (Å²) >= 11 is 0. The first kappa shape index (κ1) is 22.3. The predicted octanol–water partition coefficient (Wildman–Crippen LogP) is 7.58. The molecule has 2 saturated carbocycles. The molecule has 154 valence electrons. The molecule has 2 rings (SSSR count). The standard InChI is InChI=1S/C24H38F2O/c1-4-6-7-8-17(3)23(25)24(26)22(5-2)20-11-9-18(10-12-20)19-13-15-21(27)16-14-19/h5,18-21,27H,2,4,6-16H2,1,3H3/b23-17-,24-22-. The maximum Gasteiger partial charge on any atom is 0.162 e. The highest BCUT2D eigenvalue weighted by molar-refractivity contribution is 5.35. The van der Waals surface area contributed by atoms with E-state index in [4.69, 9.17) is 0 Å². The SMILES string of the molecule is C=C/C(=C(F)\C(F)=C(/C)CCCCC)C1CCC(C2CCC(O)CC2)CC1. The van der Waals surface area contributed by atoms with E-state index in [-0.39, 0.29) is 12.0 Å². The molecule has 0 unspecified atom stereocenters. The first-order valence-corrected chi connectivity index (χ1v) is 11.0. The molecule has 0 saturated heterocycles. The largest absolute Gasteiger partial charge is 0.393 e. The average Bonchev–Trinajstić information content (AvgIpc) is 2.69. The Hall–Kier alpha value is -0.960. The Balaban J connectivity index is 1.97. The van der Waals surface area contributed by atoms with Crippen LogP contribution in [0.3, 0.4) is 0 Å². The number of rotatable bonds is 8. The molecule has 0 heterocycles. The van der Waals surface area contributed by atoms with E-state index in [0.717, 1.165) is 70.6 Å². The summed E-state index contributed by atoms with van der Waals surface area (Å²) in [6, 6.07) is 0. The molecule has 1 N–H and O–H groups in total. The van der Waals surface area contributed by atoms with E-state index in [2.05, 4.69) is 13.5 Å². The van der Waals surface area contributed by atoms with Gasteiger partial charge in [-0.2, -0.15) is 0 Å². The lowest BCUT2D eigenvalue weighted by atomic mass is 9.69. The van der Waals surface area contributed by atoms with Crippen molar-refractivity contribution >= 4 is 0 Å². The molecule has 0 aromatic carbocycles. The van der Waals surface area contributed by atoms with Gasteiger partial charge in [0, 0.05) is 0 Å². The molecule has 0 aliphatic heterocycles. The Kier molecular flexibility index (Phi) is 9.21. The lowest BCUT2D eigenvalue weighted by Crippen LogP contribution is -2.27. The molecule has 0 aromatic heterocycles. The van der Waals surface area contributed by atoms with Crippen LogP contribution in [-0.2, 0) is 0 Å². The maximum absolute atomic E-state index is 14.8. The molecule has 0 amide bonds. The summed E-state index contributed by atoms with van der Waals surface area (Å²) in [7, 11) is 0. The number of hydrogen-bond acceptors (Lipinski definition) is 1. The van der Waals surface area contributed by atoms with Crippen LogP contribution in [0.15, 0.2) is 35.5 Å². The van der Waals surface area contributed by atoms with Crippen LogP contribution in [0.5, 0.6) is 0 Å². The van der Waals surface area contributed by atoms with Crippen LogP contribution >= 0.6 is 0 Å². The van der Waals surface area contributed by atoms with Crippen molar-refractivity contribution in [2.75, 3.05) is 0 Å². The fraction of sp³-hybridized carbons (Fsp3) is 0.750. The van der Waals surface area contributed by atoms with Crippen LogP contribution in [0.1, 0.15) is 90.9 Å². The summed E-state index contributed by atoms with van der Waals surface area (Å²) in [6.07, 6.45) is 13.1. The van der Waals surface area contributed by atoms with E-state index in [1.807, 2.05) is 0 Å². The molecule has 2 aliphatic rings. The van der Waals surface area contributed by atoms with Gasteiger partial charge in [0.15, 0.2) is 11.7 Å². The van der Waals surface area contributed by atoms with E-state index in [1.54, 1.807) is 6.92 Å². The van der Waals surface area contributed by atoms with Crippen molar-refractivity contribution in [3.8, 4) is 0 Å². The summed E-state index contributed by atoms with van der Waals surface area (Å²) in [6.45, 7) is 7.59. The van der Waals surface area contributed by atoms with Crippen LogP contribution in [0.4, 0.5) is 8.78 Å². The third-order valence-electron chi connectivity index (χ3n) is 6.82. The molecule has 0 spiro atoms. The predicted molar refractivity (Wildman–Crippen MR) is 110 cm³/mol. The fourth-order valence-electron chi connectivity index (χ4n) is 4.97. The Morgan fingerprint density at radius 2 is 1.48 bits per heavy atom. The number of unbranched alkanes of at least 4 members (excludes halogenated alkanes) is 2. The highest BCUT2D eigenvalue weighted by atomic mass is 19.2. The lowest BCUT2D eigenvalue weighted by Gasteiger charge is -2.37. The number of aliphatic hydroxyl groups excluding tert-OH is 1. The molecule has 0 aromatic rings. The average molecular weight is 381 g/mol. The molecule has 27 heavy (non-hydrogen) atoms. The lowest BCUT2D eigenvalue weighted by molar-refractivity contribution is 0.0789. The van der Waals surface area contributed by atoms with Gasteiger partial charge in [0.25, 0.3) is 0 Å². The second-order valence-corrected chi connectivity index (χ2v) is 8.71. The highest BCUT2D eigenvalue weighted by Gasteiger charge is 2.32. The summed E-state index contributed by atoms with van der Waals surface area (Å²) in [5, 5.41) is 9.70. The molecule has 2 fully saturated rings. The zero-order chi connectivity index (χ0) is 19.8. The maximum atomic E-state index is 14.8. The topological polar surface area (TPSA) is 20.2 Å². The third-order valence-corrected chi connectivity index (χ3v) is 6.82. The van der Waals surface area contributed by atoms with Gasteiger partial charge in [0.05, 0.1) is 6.10 Å². The van der Waals surface area contributed by atoms with Crippen molar-refractivity contribution in [2.24, 2.45) is 17.8 Å². The first-order valence-electron chi connectivity index (χ1n) is 11.0. The van der Waals surface area contributed by atoms with Gasteiger partial charge in [-0.15, -0.1) is 0 Å². The zero-order valence-electron chi connectivity index (χ0n) is 17.3. The van der Waals surface area contributed by atoms with Crippen LogP contribution in [0.2, 0.25) is 0 Å². The van der Waals surface area contributed by atoms with Crippen molar-refractivity contribution in [2.45, 2.75) is 97.0 Å². The minimum atomic E-state index is -0.678. The summed E-state index contributed by atoms with van der Waals surface area (Å²) in [5.74, 6) is 0.126. The summed E-state index contributed by atoms with van der Waals surface area (Å²) < 4.78 is 29.4. The molecular weight excluding hydrogens is 342 g/mol. The zero-order valence-corrected chi connectivity index (χ0v) is 17.3. The number of halogens is 2. The van der Waals surface area contributed by atoms with E-state index in [1.165, 1.54) is 6.08 Å². The minimum Gasteiger partial charge on any atom is -0.393 e. The van der Waals surface area contributed by atoms with Crippen molar-refractivity contribution in [1.82, 2.24) is 0 Å². The molecule has 1 nitrogen and oxygen atoms in total. The molecule has 3 heteroatoms. The number of hydrogen-bond donors (Lipinski definition) is 1. The van der Waals surface area contributed by atoms with Gasteiger partial charge in [-0.3, -0.25) is 0 Å². The van der Waals surface area contributed by atoms with E-state index in [9.17, 15) is 13.9 Å². The van der Waals surface area contributed by atoms with Gasteiger partial charge in [-0.1, -0.05) is 32.4 Å². The van der Waals surface area contributed by atoms with E-state index >= 15 is 0 Å². The van der Waals surface area contributed by atoms with Gasteiger partial charge in [0.2, 0.25) is 0 Å². The minimum absolute atomic E-state index is 0.0853. The number of allylic oxidation sites excluding steroid dienone is 5. The molecule has 0 bridgehead atoms. The van der Waals surface area contributed by atoms with Gasteiger partial charge in [0.1, 0.15) is 0 Å². The monoisotopic (exact) mass is 380 g/mol. The van der Waals surface area contributed by atoms with Crippen molar-refractivity contribution < 1.29 is 13.9 Å². The highest BCUT2D eigenvalue weighted by Crippen LogP contribution is 2.43. The van der Waals surface area contributed by atoms with Gasteiger partial charge in [-0.05, 0) is 100 Å². The first-order chi connectivity index (χ1) is 13.0. The fourth-order valence-corrected chi connectivity index (χ4v) is 4.97. The smallest absolute Gasteiger partial charge is 0.162 e. The Labute approximate surface area is 164 Å². The van der Waals surface area contributed by atoms with Crippen LogP contribution in [0, 0.1) is 17.8 Å². The second-order valence-electron chi connectivity index (χ2n) is 8.71. The van der Waals surface area contributed by atoms with Crippen molar-refractivity contribution in [1.29, 1.82) is 0 Å². The second kappa shape index (κ2) is 11.1. The van der Waals surface area contributed by atoms with Crippen molar-refractivity contribution in [3.63, 3.8) is 0 Å². The number of aliphatic hydroxyl groups is 1.